The molecule has 1 unspecified atom stereocenters. The summed E-state index contributed by atoms with van der Waals surface area (Å²) in [7, 11) is 3.78. The Morgan fingerprint density at radius 2 is 2.17 bits per heavy atom. The van der Waals surface area contributed by atoms with E-state index >= 15 is 0 Å². The lowest BCUT2D eigenvalue weighted by atomic mass is 9.95. The Hall–Kier alpha value is -1.93. The number of morpholine rings is 1. The summed E-state index contributed by atoms with van der Waals surface area (Å²) in [6.07, 6.45) is 2.43. The van der Waals surface area contributed by atoms with Gasteiger partial charge in [-0.3, -0.25) is 5.32 Å². The third-order valence-corrected chi connectivity index (χ3v) is 4.22. The number of carbonyl (C=O) groups excluding carboxylic acids is 1. The van der Waals surface area contributed by atoms with E-state index in [1.807, 2.05) is 32.8 Å². The Morgan fingerprint density at radius 3 is 2.83 bits per heavy atom. The molecule has 1 aromatic heterocycles. The van der Waals surface area contributed by atoms with E-state index in [4.69, 9.17) is 9.47 Å². The SMILES string of the molecule is CN(C)c1ccnc(NC(=O)N2CC(C)(C)OC3(CCOC3)C2)n1. The van der Waals surface area contributed by atoms with E-state index in [2.05, 4.69) is 15.3 Å². The molecule has 0 aliphatic carbocycles. The van der Waals surface area contributed by atoms with Gasteiger partial charge < -0.3 is 19.3 Å². The van der Waals surface area contributed by atoms with Crippen LogP contribution >= 0.6 is 0 Å². The highest BCUT2D eigenvalue weighted by molar-refractivity contribution is 5.87. The maximum absolute atomic E-state index is 12.7. The van der Waals surface area contributed by atoms with Crippen molar-refractivity contribution >= 4 is 17.8 Å². The van der Waals surface area contributed by atoms with Gasteiger partial charge in [0.2, 0.25) is 5.95 Å². The van der Waals surface area contributed by atoms with Crippen molar-refractivity contribution < 1.29 is 14.3 Å². The van der Waals surface area contributed by atoms with Gasteiger partial charge in [0.1, 0.15) is 11.4 Å². The number of carbonyl (C=O) groups is 1. The zero-order valence-electron chi connectivity index (χ0n) is 14.7. The molecule has 0 saturated carbocycles. The fourth-order valence-electron chi connectivity index (χ4n) is 3.28. The maximum Gasteiger partial charge on any atom is 0.324 e. The highest BCUT2D eigenvalue weighted by atomic mass is 16.6. The molecule has 8 heteroatoms. The number of anilines is 2. The lowest BCUT2D eigenvalue weighted by molar-refractivity contribution is -0.185. The molecule has 0 bridgehead atoms. The van der Waals surface area contributed by atoms with Crippen LogP contribution in [0.3, 0.4) is 0 Å². The summed E-state index contributed by atoms with van der Waals surface area (Å²) in [5.41, 5.74) is -0.832. The van der Waals surface area contributed by atoms with E-state index in [9.17, 15) is 4.79 Å². The van der Waals surface area contributed by atoms with E-state index in [0.717, 1.165) is 12.2 Å². The summed E-state index contributed by atoms with van der Waals surface area (Å²) < 4.78 is 11.7. The second kappa shape index (κ2) is 6.18. The highest BCUT2D eigenvalue weighted by Gasteiger charge is 2.48. The largest absolute Gasteiger partial charge is 0.378 e. The summed E-state index contributed by atoms with van der Waals surface area (Å²) >= 11 is 0. The molecule has 2 saturated heterocycles. The molecule has 2 amide bonds. The fraction of sp³-hybridized carbons (Fsp3) is 0.688. The first-order valence-electron chi connectivity index (χ1n) is 8.13. The van der Waals surface area contributed by atoms with Crippen molar-refractivity contribution in [1.29, 1.82) is 0 Å². The molecule has 2 aliphatic rings. The van der Waals surface area contributed by atoms with E-state index in [0.29, 0.717) is 32.3 Å². The molecule has 2 fully saturated rings. The lowest BCUT2D eigenvalue weighted by Gasteiger charge is -2.47. The van der Waals surface area contributed by atoms with Crippen LogP contribution in [0, 0.1) is 0 Å². The third-order valence-electron chi connectivity index (χ3n) is 4.22. The number of urea groups is 1. The van der Waals surface area contributed by atoms with E-state index < -0.39 is 11.2 Å². The molecule has 24 heavy (non-hydrogen) atoms. The Morgan fingerprint density at radius 1 is 1.38 bits per heavy atom. The monoisotopic (exact) mass is 335 g/mol. The lowest BCUT2D eigenvalue weighted by Crippen LogP contribution is -2.62. The molecule has 1 aromatic rings. The Bertz CT molecular complexity index is 613. The summed E-state index contributed by atoms with van der Waals surface area (Å²) in [5, 5.41) is 2.79. The molecular formula is C16H25N5O3. The molecule has 1 spiro atoms. The number of hydrogen-bond donors (Lipinski definition) is 1. The molecular weight excluding hydrogens is 310 g/mol. The Kier molecular flexibility index (Phi) is 4.35. The second-order valence-electron chi connectivity index (χ2n) is 7.27. The van der Waals surface area contributed by atoms with Crippen LogP contribution in [-0.4, -0.2) is 72.5 Å². The maximum atomic E-state index is 12.7. The number of nitrogens with one attached hydrogen (secondary N) is 1. The summed E-state index contributed by atoms with van der Waals surface area (Å²) in [6.45, 7) is 6.20. The molecule has 1 atom stereocenters. The van der Waals surface area contributed by atoms with Crippen LogP contribution in [0.4, 0.5) is 16.6 Å². The number of nitrogens with zero attached hydrogens (tertiary/aromatic N) is 4. The van der Waals surface area contributed by atoms with Gasteiger partial charge in [0.05, 0.1) is 25.3 Å². The van der Waals surface area contributed by atoms with Gasteiger partial charge in [-0.2, -0.15) is 4.98 Å². The minimum Gasteiger partial charge on any atom is -0.378 e. The summed E-state index contributed by atoms with van der Waals surface area (Å²) in [4.78, 5) is 24.8. The van der Waals surface area contributed by atoms with Gasteiger partial charge in [0, 0.05) is 33.3 Å². The van der Waals surface area contributed by atoms with E-state index in [-0.39, 0.29) is 6.03 Å². The summed E-state index contributed by atoms with van der Waals surface area (Å²) in [5.74, 6) is 1.04. The second-order valence-corrected chi connectivity index (χ2v) is 7.27. The van der Waals surface area contributed by atoms with Crippen LogP contribution in [0.15, 0.2) is 12.3 Å². The first-order valence-corrected chi connectivity index (χ1v) is 8.13. The minimum absolute atomic E-state index is 0.214. The van der Waals surface area contributed by atoms with Gasteiger partial charge in [0.25, 0.3) is 0 Å². The van der Waals surface area contributed by atoms with Crippen LogP contribution < -0.4 is 10.2 Å². The average Bonchev–Trinajstić information content (AvgIpc) is 2.93. The standard InChI is InChI=1S/C16H25N5O3/c1-15(2)9-21(10-16(24-15)6-8-23-11-16)14(22)19-13-17-7-5-12(18-13)20(3)4/h5,7H,6,8-11H2,1-4H3,(H,17,18,19,22). The molecule has 132 valence electrons. The first kappa shape index (κ1) is 16.9. The third kappa shape index (κ3) is 3.59. The van der Waals surface area contributed by atoms with E-state index in [1.165, 1.54) is 0 Å². The quantitative estimate of drug-likeness (QED) is 0.879. The highest BCUT2D eigenvalue weighted by Crippen LogP contribution is 2.34. The van der Waals surface area contributed by atoms with Gasteiger partial charge in [0.15, 0.2) is 0 Å². The van der Waals surface area contributed by atoms with Gasteiger partial charge in [-0.05, 0) is 19.9 Å². The average molecular weight is 335 g/mol. The number of aromatic nitrogens is 2. The zero-order chi connectivity index (χ0) is 17.4. The summed E-state index contributed by atoms with van der Waals surface area (Å²) in [6, 6.07) is 1.58. The van der Waals surface area contributed by atoms with Crippen molar-refractivity contribution in [3.63, 3.8) is 0 Å². The molecule has 8 nitrogen and oxygen atoms in total. The number of amides is 2. The Balaban J connectivity index is 1.73. The van der Waals surface area contributed by atoms with Crippen LogP contribution in [0.5, 0.6) is 0 Å². The van der Waals surface area contributed by atoms with Crippen LogP contribution in [0.25, 0.3) is 0 Å². The zero-order valence-corrected chi connectivity index (χ0v) is 14.7. The number of rotatable bonds is 2. The van der Waals surface area contributed by atoms with Crippen molar-refractivity contribution in [3.05, 3.63) is 12.3 Å². The molecule has 1 N–H and O–H groups in total. The van der Waals surface area contributed by atoms with Crippen LogP contribution in [-0.2, 0) is 9.47 Å². The van der Waals surface area contributed by atoms with Crippen LogP contribution in [0.2, 0.25) is 0 Å². The molecule has 0 aromatic carbocycles. The topological polar surface area (TPSA) is 79.8 Å². The Labute approximate surface area is 142 Å². The number of hydrogen-bond acceptors (Lipinski definition) is 6. The van der Waals surface area contributed by atoms with Gasteiger partial charge in [-0.1, -0.05) is 0 Å². The van der Waals surface area contributed by atoms with Crippen molar-refractivity contribution in [1.82, 2.24) is 14.9 Å². The molecule has 3 heterocycles. The van der Waals surface area contributed by atoms with Crippen molar-refractivity contribution in [2.45, 2.75) is 31.5 Å². The van der Waals surface area contributed by atoms with Crippen molar-refractivity contribution in [3.8, 4) is 0 Å². The normalized spacial score (nSPS) is 25.8. The van der Waals surface area contributed by atoms with Gasteiger partial charge in [-0.15, -0.1) is 0 Å². The van der Waals surface area contributed by atoms with Crippen LogP contribution in [0.1, 0.15) is 20.3 Å². The van der Waals surface area contributed by atoms with Gasteiger partial charge >= 0.3 is 6.03 Å². The predicted octanol–water partition coefficient (Wildman–Crippen LogP) is 1.34. The van der Waals surface area contributed by atoms with Crippen molar-refractivity contribution in [2.75, 3.05) is 50.6 Å². The predicted molar refractivity (Wildman–Crippen MR) is 90.3 cm³/mol. The molecule has 2 aliphatic heterocycles. The van der Waals surface area contributed by atoms with E-state index in [1.54, 1.807) is 17.2 Å². The molecule has 0 radical (unpaired) electrons. The minimum atomic E-state index is -0.421. The molecule has 3 rings (SSSR count). The van der Waals surface area contributed by atoms with Gasteiger partial charge in [-0.25, -0.2) is 9.78 Å². The first-order chi connectivity index (χ1) is 11.3. The van der Waals surface area contributed by atoms with Crippen molar-refractivity contribution in [2.24, 2.45) is 0 Å². The fourth-order valence-corrected chi connectivity index (χ4v) is 3.28. The smallest absolute Gasteiger partial charge is 0.324 e. The number of ether oxygens (including phenoxy) is 2.